The van der Waals surface area contributed by atoms with Gasteiger partial charge in [-0.05, 0) is 44.0 Å². The van der Waals surface area contributed by atoms with Crippen molar-refractivity contribution >= 4 is 11.8 Å². The number of hydrogen-bond donors (Lipinski definition) is 0. The molecule has 1 saturated heterocycles. The molecule has 2 heterocycles. The van der Waals surface area contributed by atoms with Crippen molar-refractivity contribution in [2.45, 2.75) is 20.3 Å². The Balaban J connectivity index is 1.70. The van der Waals surface area contributed by atoms with E-state index in [0.717, 1.165) is 23.1 Å². The summed E-state index contributed by atoms with van der Waals surface area (Å²) in [6, 6.07) is 11.3. The highest BCUT2D eigenvalue weighted by molar-refractivity contribution is 5.96. The van der Waals surface area contributed by atoms with Crippen LogP contribution in [0.1, 0.15) is 38.4 Å². The number of aromatic nitrogens is 1. The van der Waals surface area contributed by atoms with Crippen molar-refractivity contribution in [3.8, 4) is 0 Å². The van der Waals surface area contributed by atoms with Gasteiger partial charge in [0.15, 0.2) is 0 Å². The third-order valence-electron chi connectivity index (χ3n) is 4.58. The van der Waals surface area contributed by atoms with E-state index in [9.17, 15) is 9.59 Å². The topological polar surface area (TPSA) is 53.5 Å². The maximum atomic E-state index is 12.9. The summed E-state index contributed by atoms with van der Waals surface area (Å²) in [4.78, 5) is 33.2. The number of aryl methyl sites for hydroxylation is 2. The van der Waals surface area contributed by atoms with Gasteiger partial charge in [0.2, 0.25) is 0 Å². The maximum Gasteiger partial charge on any atom is 0.272 e. The molecule has 130 valence electrons. The zero-order valence-corrected chi connectivity index (χ0v) is 14.7. The van der Waals surface area contributed by atoms with Gasteiger partial charge in [-0.2, -0.15) is 0 Å². The van der Waals surface area contributed by atoms with Gasteiger partial charge in [0.25, 0.3) is 11.8 Å². The monoisotopic (exact) mass is 337 g/mol. The van der Waals surface area contributed by atoms with E-state index in [1.165, 1.54) is 0 Å². The molecule has 5 nitrogen and oxygen atoms in total. The maximum absolute atomic E-state index is 12.9. The molecule has 0 saturated carbocycles. The number of carbonyl (C=O) groups excluding carboxylic acids is 2. The molecule has 1 aromatic carbocycles. The molecule has 0 N–H and O–H groups in total. The number of amides is 2. The predicted octanol–water partition coefficient (Wildman–Crippen LogP) is 2.69. The molecule has 0 bridgehead atoms. The largest absolute Gasteiger partial charge is 0.337 e. The number of rotatable bonds is 2. The quantitative estimate of drug-likeness (QED) is 0.847. The fraction of sp³-hybridized carbons (Fsp3) is 0.350. The van der Waals surface area contributed by atoms with E-state index in [-0.39, 0.29) is 11.8 Å². The van der Waals surface area contributed by atoms with Gasteiger partial charge >= 0.3 is 0 Å². The molecule has 0 atom stereocenters. The summed E-state index contributed by atoms with van der Waals surface area (Å²) in [7, 11) is 0. The van der Waals surface area contributed by atoms with Gasteiger partial charge < -0.3 is 9.80 Å². The molecule has 0 spiro atoms. The van der Waals surface area contributed by atoms with E-state index < -0.39 is 0 Å². The van der Waals surface area contributed by atoms with Gasteiger partial charge in [0.05, 0.1) is 0 Å². The Morgan fingerprint density at radius 3 is 2.32 bits per heavy atom. The minimum atomic E-state index is -0.0679. The van der Waals surface area contributed by atoms with E-state index in [1.54, 1.807) is 23.2 Å². The van der Waals surface area contributed by atoms with Crippen molar-refractivity contribution in [3.63, 3.8) is 0 Å². The molecule has 2 aromatic rings. The molecule has 0 radical (unpaired) electrons. The lowest BCUT2D eigenvalue weighted by atomic mass is 10.0. The summed E-state index contributed by atoms with van der Waals surface area (Å²) >= 11 is 0. The van der Waals surface area contributed by atoms with Gasteiger partial charge in [0.1, 0.15) is 5.69 Å². The summed E-state index contributed by atoms with van der Waals surface area (Å²) in [6.07, 6.45) is 2.40. The van der Waals surface area contributed by atoms with E-state index >= 15 is 0 Å². The normalized spacial score (nSPS) is 15.0. The Morgan fingerprint density at radius 1 is 0.920 bits per heavy atom. The molecular weight excluding hydrogens is 314 g/mol. The molecule has 2 amide bonds. The molecule has 1 aliphatic heterocycles. The summed E-state index contributed by atoms with van der Waals surface area (Å²) in [5.74, 6) is -0.0185. The summed E-state index contributed by atoms with van der Waals surface area (Å²) < 4.78 is 0. The van der Waals surface area contributed by atoms with E-state index in [2.05, 4.69) is 4.98 Å². The summed E-state index contributed by atoms with van der Waals surface area (Å²) in [6.45, 7) is 6.34. The molecule has 3 rings (SSSR count). The average molecular weight is 337 g/mol. The second-order valence-corrected chi connectivity index (χ2v) is 6.47. The molecule has 0 unspecified atom stereocenters. The second kappa shape index (κ2) is 7.47. The smallest absolute Gasteiger partial charge is 0.272 e. The fourth-order valence-corrected chi connectivity index (χ4v) is 3.11. The Hall–Kier alpha value is -2.69. The van der Waals surface area contributed by atoms with Crippen molar-refractivity contribution in [2.75, 3.05) is 26.2 Å². The molecule has 25 heavy (non-hydrogen) atoms. The van der Waals surface area contributed by atoms with Crippen LogP contribution in [0.3, 0.4) is 0 Å². The standard InChI is InChI=1S/C20H23N3O2/c1-15-7-8-16(2)17(14-15)19(24)22-10-5-11-23(13-12-22)20(25)18-6-3-4-9-21-18/h3-4,6-9,14H,5,10-13H2,1-2H3. The molecule has 1 aromatic heterocycles. The van der Waals surface area contributed by atoms with Crippen molar-refractivity contribution in [2.24, 2.45) is 0 Å². The number of hydrogen-bond acceptors (Lipinski definition) is 3. The van der Waals surface area contributed by atoms with Crippen LogP contribution < -0.4 is 0 Å². The number of pyridine rings is 1. The van der Waals surface area contributed by atoms with Crippen LogP contribution in [0.15, 0.2) is 42.6 Å². The van der Waals surface area contributed by atoms with Crippen LogP contribution in [0.5, 0.6) is 0 Å². The number of nitrogens with zero attached hydrogens (tertiary/aromatic N) is 3. The number of benzene rings is 1. The Morgan fingerprint density at radius 2 is 1.64 bits per heavy atom. The van der Waals surface area contributed by atoms with Crippen LogP contribution in [0.4, 0.5) is 0 Å². The lowest BCUT2D eigenvalue weighted by Crippen LogP contribution is -2.37. The summed E-state index contributed by atoms with van der Waals surface area (Å²) in [5.41, 5.74) is 3.28. The van der Waals surface area contributed by atoms with Crippen LogP contribution >= 0.6 is 0 Å². The highest BCUT2D eigenvalue weighted by Crippen LogP contribution is 2.16. The Kier molecular flexibility index (Phi) is 5.12. The van der Waals surface area contributed by atoms with Crippen LogP contribution in [0.2, 0.25) is 0 Å². The first-order valence-corrected chi connectivity index (χ1v) is 8.63. The first kappa shape index (κ1) is 17.1. The van der Waals surface area contributed by atoms with Crippen molar-refractivity contribution in [1.29, 1.82) is 0 Å². The van der Waals surface area contributed by atoms with Crippen molar-refractivity contribution in [3.05, 3.63) is 65.0 Å². The average Bonchev–Trinajstić information content (AvgIpc) is 2.89. The second-order valence-electron chi connectivity index (χ2n) is 6.47. The van der Waals surface area contributed by atoms with E-state index in [0.29, 0.717) is 31.9 Å². The molecule has 5 heteroatoms. The summed E-state index contributed by atoms with van der Waals surface area (Å²) in [5, 5.41) is 0. The Labute approximate surface area is 148 Å². The lowest BCUT2D eigenvalue weighted by Gasteiger charge is -2.23. The zero-order valence-electron chi connectivity index (χ0n) is 14.7. The van der Waals surface area contributed by atoms with Crippen molar-refractivity contribution in [1.82, 2.24) is 14.8 Å². The van der Waals surface area contributed by atoms with Crippen LogP contribution in [0.25, 0.3) is 0 Å². The zero-order chi connectivity index (χ0) is 17.8. The predicted molar refractivity (Wildman–Crippen MR) is 96.6 cm³/mol. The van der Waals surface area contributed by atoms with Crippen LogP contribution in [0, 0.1) is 13.8 Å². The van der Waals surface area contributed by atoms with Gasteiger partial charge in [-0.15, -0.1) is 0 Å². The van der Waals surface area contributed by atoms with E-state index in [4.69, 9.17) is 0 Å². The highest BCUT2D eigenvalue weighted by Gasteiger charge is 2.24. The SMILES string of the molecule is Cc1ccc(C)c(C(=O)N2CCCN(C(=O)c3ccccn3)CC2)c1. The third kappa shape index (κ3) is 3.87. The molecular formula is C20H23N3O2. The van der Waals surface area contributed by atoms with Gasteiger partial charge in [-0.1, -0.05) is 23.8 Å². The van der Waals surface area contributed by atoms with Gasteiger partial charge in [0, 0.05) is 37.9 Å². The van der Waals surface area contributed by atoms with Gasteiger partial charge in [-0.25, -0.2) is 0 Å². The molecule has 1 aliphatic rings. The molecule has 0 aliphatic carbocycles. The molecule has 1 fully saturated rings. The number of carbonyl (C=O) groups is 2. The third-order valence-corrected chi connectivity index (χ3v) is 4.58. The fourth-order valence-electron chi connectivity index (χ4n) is 3.11. The lowest BCUT2D eigenvalue weighted by molar-refractivity contribution is 0.0715. The minimum absolute atomic E-state index is 0.0494. The highest BCUT2D eigenvalue weighted by atomic mass is 16.2. The Bertz CT molecular complexity index is 774. The first-order chi connectivity index (χ1) is 12.1. The van der Waals surface area contributed by atoms with Gasteiger partial charge in [-0.3, -0.25) is 14.6 Å². The van der Waals surface area contributed by atoms with Crippen molar-refractivity contribution < 1.29 is 9.59 Å². The van der Waals surface area contributed by atoms with E-state index in [1.807, 2.05) is 43.0 Å². The first-order valence-electron chi connectivity index (χ1n) is 8.63. The van der Waals surface area contributed by atoms with Crippen LogP contribution in [-0.2, 0) is 0 Å². The van der Waals surface area contributed by atoms with Crippen LogP contribution in [-0.4, -0.2) is 52.8 Å². The minimum Gasteiger partial charge on any atom is -0.337 e.